The number of aryl methyl sites for hydroxylation is 1. The van der Waals surface area contributed by atoms with Crippen LogP contribution in [-0.2, 0) is 4.74 Å². The van der Waals surface area contributed by atoms with Gasteiger partial charge in [0.1, 0.15) is 12.2 Å². The maximum atomic E-state index is 13.3. The van der Waals surface area contributed by atoms with Crippen LogP contribution < -0.4 is 10.2 Å². The molecule has 0 aliphatic carbocycles. The second-order valence-corrected chi connectivity index (χ2v) is 10.0. The first kappa shape index (κ1) is 21.6. The van der Waals surface area contributed by atoms with E-state index in [-0.39, 0.29) is 17.6 Å². The topological polar surface area (TPSA) is 100 Å². The summed E-state index contributed by atoms with van der Waals surface area (Å²) >= 11 is 1.71. The summed E-state index contributed by atoms with van der Waals surface area (Å²) in [7, 11) is 1.75. The smallest absolute Gasteiger partial charge is 0.253 e. The Morgan fingerprint density at radius 2 is 2.21 bits per heavy atom. The molecule has 33 heavy (non-hydrogen) atoms. The molecule has 0 radical (unpaired) electrons. The SMILES string of the molecule is COC1(C)CCN(c2cc(C(=O)NC(C)c3ncn[nH]3)cn3c(-c4ccc(C)s4)cnc23)C1. The molecule has 1 saturated heterocycles. The molecule has 1 amide bonds. The summed E-state index contributed by atoms with van der Waals surface area (Å²) < 4.78 is 7.77. The van der Waals surface area contributed by atoms with Crippen LogP contribution in [0.1, 0.15) is 47.4 Å². The molecule has 4 aromatic rings. The maximum Gasteiger partial charge on any atom is 0.253 e. The molecule has 4 aromatic heterocycles. The number of H-pyrrole nitrogens is 1. The normalized spacial score (nSPS) is 19.3. The first-order valence-corrected chi connectivity index (χ1v) is 11.7. The molecular formula is C23H27N7O2S. The van der Waals surface area contributed by atoms with Crippen molar-refractivity contribution in [1.29, 1.82) is 0 Å². The third-order valence-corrected chi connectivity index (χ3v) is 7.33. The monoisotopic (exact) mass is 465 g/mol. The molecule has 2 atom stereocenters. The highest BCUT2D eigenvalue weighted by Crippen LogP contribution is 2.35. The third-order valence-electron chi connectivity index (χ3n) is 6.30. The number of thiophene rings is 1. The number of rotatable bonds is 6. The van der Waals surface area contributed by atoms with E-state index >= 15 is 0 Å². The molecule has 9 nitrogen and oxygen atoms in total. The van der Waals surface area contributed by atoms with Gasteiger partial charge in [0.05, 0.1) is 39.7 Å². The first-order valence-electron chi connectivity index (χ1n) is 10.9. The van der Waals surface area contributed by atoms with Crippen LogP contribution in [0.5, 0.6) is 0 Å². The van der Waals surface area contributed by atoms with Crippen molar-refractivity contribution in [3.63, 3.8) is 0 Å². The van der Waals surface area contributed by atoms with Gasteiger partial charge in [-0.3, -0.25) is 14.3 Å². The zero-order valence-electron chi connectivity index (χ0n) is 19.1. The van der Waals surface area contributed by atoms with Crippen LogP contribution in [0.3, 0.4) is 0 Å². The molecule has 2 N–H and O–H groups in total. The van der Waals surface area contributed by atoms with Crippen LogP contribution in [0.4, 0.5) is 5.69 Å². The summed E-state index contributed by atoms with van der Waals surface area (Å²) in [6.45, 7) is 7.64. The summed E-state index contributed by atoms with van der Waals surface area (Å²) in [6.07, 6.45) is 6.09. The fraction of sp³-hybridized carbons (Fsp3) is 0.391. The number of amides is 1. The number of ether oxygens (including phenoxy) is 1. The number of aromatic amines is 1. The fourth-order valence-electron chi connectivity index (χ4n) is 4.26. The molecule has 1 aliphatic rings. The number of nitrogens with one attached hydrogen (secondary N) is 2. The Bertz CT molecular complexity index is 1300. The van der Waals surface area contributed by atoms with Gasteiger partial charge in [0, 0.05) is 31.3 Å². The van der Waals surface area contributed by atoms with Gasteiger partial charge in [-0.25, -0.2) is 9.97 Å². The van der Waals surface area contributed by atoms with Crippen molar-refractivity contribution >= 4 is 28.6 Å². The van der Waals surface area contributed by atoms with Crippen molar-refractivity contribution in [1.82, 2.24) is 29.9 Å². The lowest BCUT2D eigenvalue weighted by atomic mass is 10.1. The Morgan fingerprint density at radius 3 is 2.88 bits per heavy atom. The molecular weight excluding hydrogens is 438 g/mol. The number of aromatic nitrogens is 5. The highest BCUT2D eigenvalue weighted by Gasteiger charge is 2.35. The average molecular weight is 466 g/mol. The van der Waals surface area contributed by atoms with E-state index in [1.54, 1.807) is 18.4 Å². The van der Waals surface area contributed by atoms with E-state index in [4.69, 9.17) is 9.72 Å². The molecule has 0 bridgehead atoms. The minimum absolute atomic E-state index is 0.183. The highest BCUT2D eigenvalue weighted by molar-refractivity contribution is 7.15. The van der Waals surface area contributed by atoms with Gasteiger partial charge in [0.15, 0.2) is 5.65 Å². The first-order chi connectivity index (χ1) is 15.9. The molecule has 5 rings (SSSR count). The standard InChI is InChI=1S/C23H27N7O2S/c1-14-5-6-19(33-14)18-10-24-21-17(29-8-7-23(3,12-29)32-4)9-16(11-30(18)21)22(31)27-15(2)20-25-13-26-28-20/h5-6,9-11,13,15H,7-8,12H2,1-4H3,(H,27,31)(H,25,26,28). The number of hydrogen-bond donors (Lipinski definition) is 2. The minimum Gasteiger partial charge on any atom is -0.377 e. The van der Waals surface area contributed by atoms with Gasteiger partial charge in [0.2, 0.25) is 0 Å². The molecule has 0 saturated carbocycles. The van der Waals surface area contributed by atoms with Crippen molar-refractivity contribution in [3.05, 3.63) is 53.2 Å². The zero-order chi connectivity index (χ0) is 23.2. The van der Waals surface area contributed by atoms with Crippen LogP contribution in [0.25, 0.3) is 16.2 Å². The molecule has 0 spiro atoms. The summed E-state index contributed by atoms with van der Waals surface area (Å²) in [5, 5.41) is 9.70. The average Bonchev–Trinajstić information content (AvgIpc) is 3.59. The fourth-order valence-corrected chi connectivity index (χ4v) is 5.13. The number of nitrogens with zero attached hydrogens (tertiary/aromatic N) is 5. The van der Waals surface area contributed by atoms with E-state index in [0.717, 1.165) is 41.4 Å². The van der Waals surface area contributed by atoms with Crippen LogP contribution in [0, 0.1) is 6.92 Å². The predicted molar refractivity (Wildman–Crippen MR) is 128 cm³/mol. The Kier molecular flexibility index (Phi) is 5.41. The van der Waals surface area contributed by atoms with Crippen molar-refractivity contribution in [3.8, 4) is 10.6 Å². The van der Waals surface area contributed by atoms with E-state index in [1.807, 2.05) is 29.8 Å². The predicted octanol–water partition coefficient (Wildman–Crippen LogP) is 3.60. The number of pyridine rings is 1. The van der Waals surface area contributed by atoms with Gasteiger partial charge in [-0.05, 0) is 45.4 Å². The summed E-state index contributed by atoms with van der Waals surface area (Å²) in [4.78, 5) is 26.8. The lowest BCUT2D eigenvalue weighted by molar-refractivity contribution is 0.0257. The number of carbonyl (C=O) groups excluding carboxylic acids is 1. The van der Waals surface area contributed by atoms with E-state index in [2.05, 4.69) is 51.4 Å². The third kappa shape index (κ3) is 4.00. The van der Waals surface area contributed by atoms with E-state index < -0.39 is 0 Å². The van der Waals surface area contributed by atoms with E-state index in [9.17, 15) is 4.79 Å². The van der Waals surface area contributed by atoms with Crippen LogP contribution >= 0.6 is 11.3 Å². The van der Waals surface area contributed by atoms with Crippen molar-refractivity contribution < 1.29 is 9.53 Å². The number of methoxy groups -OCH3 is 1. The molecule has 10 heteroatoms. The molecule has 1 fully saturated rings. The number of imidazole rings is 1. The summed E-state index contributed by atoms with van der Waals surface area (Å²) in [6, 6.07) is 5.82. The largest absolute Gasteiger partial charge is 0.377 e. The second kappa shape index (κ2) is 8.27. The molecule has 172 valence electrons. The Labute approximate surface area is 195 Å². The van der Waals surface area contributed by atoms with Gasteiger partial charge >= 0.3 is 0 Å². The van der Waals surface area contributed by atoms with Crippen LogP contribution in [0.2, 0.25) is 0 Å². The second-order valence-electron chi connectivity index (χ2n) is 8.75. The summed E-state index contributed by atoms with van der Waals surface area (Å²) in [5.74, 6) is 0.426. The van der Waals surface area contributed by atoms with E-state index in [0.29, 0.717) is 11.4 Å². The van der Waals surface area contributed by atoms with Crippen molar-refractivity contribution in [2.45, 2.75) is 38.8 Å². The minimum atomic E-state index is -0.301. The number of carbonyl (C=O) groups is 1. The quantitative estimate of drug-likeness (QED) is 0.451. The van der Waals surface area contributed by atoms with E-state index in [1.165, 1.54) is 11.2 Å². The lowest BCUT2D eigenvalue weighted by Crippen LogP contribution is -2.32. The molecule has 5 heterocycles. The van der Waals surface area contributed by atoms with Gasteiger partial charge in [-0.2, -0.15) is 5.10 Å². The lowest BCUT2D eigenvalue weighted by Gasteiger charge is -2.25. The van der Waals surface area contributed by atoms with Crippen LogP contribution in [0.15, 0.2) is 36.9 Å². The van der Waals surface area contributed by atoms with Gasteiger partial charge in [-0.1, -0.05) is 0 Å². The summed E-state index contributed by atoms with van der Waals surface area (Å²) in [5.41, 5.74) is 3.06. The van der Waals surface area contributed by atoms with Crippen LogP contribution in [-0.4, -0.2) is 56.3 Å². The Balaban J connectivity index is 1.58. The van der Waals surface area contributed by atoms with Crippen molar-refractivity contribution in [2.75, 3.05) is 25.1 Å². The number of hydrogen-bond acceptors (Lipinski definition) is 7. The Morgan fingerprint density at radius 1 is 1.36 bits per heavy atom. The Hall–Kier alpha value is -3.24. The van der Waals surface area contributed by atoms with Gasteiger partial charge < -0.3 is 15.0 Å². The molecule has 0 aromatic carbocycles. The van der Waals surface area contributed by atoms with Crippen molar-refractivity contribution in [2.24, 2.45) is 0 Å². The van der Waals surface area contributed by atoms with Gasteiger partial charge in [0.25, 0.3) is 5.91 Å². The molecule has 1 aliphatic heterocycles. The molecule has 2 unspecified atom stereocenters. The zero-order valence-corrected chi connectivity index (χ0v) is 19.9. The maximum absolute atomic E-state index is 13.3. The van der Waals surface area contributed by atoms with Gasteiger partial charge in [-0.15, -0.1) is 11.3 Å². The highest BCUT2D eigenvalue weighted by atomic mass is 32.1. The number of fused-ring (bicyclic) bond motifs is 1. The number of anilines is 1.